The zero-order valence-corrected chi connectivity index (χ0v) is 19.2. The van der Waals surface area contributed by atoms with Gasteiger partial charge in [0, 0.05) is 6.61 Å². The molecule has 0 heterocycles. The number of ether oxygens (including phenoxy) is 4. The molecule has 9 heteroatoms. The molecule has 0 aliphatic rings. The lowest BCUT2D eigenvalue weighted by Gasteiger charge is -2.07. The molecule has 2 N–H and O–H groups in total. The predicted molar refractivity (Wildman–Crippen MR) is 119 cm³/mol. The zero-order chi connectivity index (χ0) is 22.1. The molecule has 0 unspecified atom stereocenters. The van der Waals surface area contributed by atoms with Gasteiger partial charge in [0.1, 0.15) is 13.2 Å². The number of hydrogen-bond acceptors (Lipinski definition) is 7. The largest absolute Gasteiger partial charge is 0.480 e. The second kappa shape index (κ2) is 24.4. The molecule has 30 heavy (non-hydrogen) atoms. The van der Waals surface area contributed by atoms with E-state index in [-0.39, 0.29) is 13.2 Å². The first-order chi connectivity index (χ1) is 14.7. The van der Waals surface area contributed by atoms with Gasteiger partial charge in [-0.05, 0) is 18.6 Å². The van der Waals surface area contributed by atoms with Crippen molar-refractivity contribution in [1.82, 2.24) is 5.32 Å². The van der Waals surface area contributed by atoms with E-state index in [4.69, 9.17) is 24.1 Å². The standard InChI is InChI=1S/C21H41NO7S/c23-20(22-18-21(24)25)19-29-16-15-28-14-13-27-12-11-26-10-8-6-4-2-1-3-5-7-9-17-30/h30H,1-19H2,(H,22,23)(H,24,25). The maximum atomic E-state index is 11.2. The highest BCUT2D eigenvalue weighted by Gasteiger charge is 2.03. The van der Waals surface area contributed by atoms with Crippen molar-refractivity contribution in [2.75, 3.05) is 65.2 Å². The fourth-order valence-electron chi connectivity index (χ4n) is 2.60. The van der Waals surface area contributed by atoms with Crippen LogP contribution in [0.2, 0.25) is 0 Å². The van der Waals surface area contributed by atoms with Gasteiger partial charge in [0.2, 0.25) is 5.91 Å². The molecule has 178 valence electrons. The van der Waals surface area contributed by atoms with Crippen LogP contribution in [0, 0.1) is 0 Å². The molecule has 0 fully saturated rings. The predicted octanol–water partition coefficient (Wildman–Crippen LogP) is 2.69. The molecule has 0 aliphatic carbocycles. The summed E-state index contributed by atoms with van der Waals surface area (Å²) in [5.74, 6) is -0.540. The molecule has 0 bridgehead atoms. The third-order valence-electron chi connectivity index (χ3n) is 4.23. The Morgan fingerprint density at radius 1 is 0.633 bits per heavy atom. The Labute approximate surface area is 186 Å². The molecular weight excluding hydrogens is 410 g/mol. The summed E-state index contributed by atoms with van der Waals surface area (Å²) in [6, 6.07) is 0. The second-order valence-electron chi connectivity index (χ2n) is 6.97. The summed E-state index contributed by atoms with van der Waals surface area (Å²) in [4.78, 5) is 21.4. The van der Waals surface area contributed by atoms with E-state index in [9.17, 15) is 9.59 Å². The van der Waals surface area contributed by atoms with E-state index in [1.54, 1.807) is 0 Å². The van der Waals surface area contributed by atoms with Crippen molar-refractivity contribution in [2.45, 2.75) is 57.8 Å². The van der Waals surface area contributed by atoms with Gasteiger partial charge < -0.3 is 29.4 Å². The van der Waals surface area contributed by atoms with Crippen molar-refractivity contribution < 1.29 is 33.6 Å². The van der Waals surface area contributed by atoms with Crippen LogP contribution in [0.15, 0.2) is 0 Å². The van der Waals surface area contributed by atoms with Gasteiger partial charge >= 0.3 is 5.97 Å². The SMILES string of the molecule is O=C(O)CNC(=O)COCCOCCOCCOCCCCCCCCCCCS. The summed E-state index contributed by atoms with van der Waals surface area (Å²) in [6.45, 7) is 2.90. The number of carboxylic acid groups (broad SMARTS) is 1. The lowest BCUT2D eigenvalue weighted by molar-refractivity contribution is -0.138. The number of carbonyl (C=O) groups is 2. The van der Waals surface area contributed by atoms with Crippen LogP contribution in [-0.4, -0.2) is 82.1 Å². The van der Waals surface area contributed by atoms with Crippen molar-refractivity contribution in [3.63, 3.8) is 0 Å². The van der Waals surface area contributed by atoms with Gasteiger partial charge in [0.05, 0.1) is 39.6 Å². The second-order valence-corrected chi connectivity index (χ2v) is 7.41. The van der Waals surface area contributed by atoms with E-state index in [0.29, 0.717) is 33.0 Å². The minimum Gasteiger partial charge on any atom is -0.480 e. The molecule has 0 aromatic carbocycles. The van der Waals surface area contributed by atoms with Crippen molar-refractivity contribution in [2.24, 2.45) is 0 Å². The number of aliphatic carboxylic acids is 1. The zero-order valence-electron chi connectivity index (χ0n) is 18.3. The number of hydrogen-bond donors (Lipinski definition) is 3. The number of nitrogens with one attached hydrogen (secondary N) is 1. The first kappa shape index (κ1) is 29.1. The molecule has 0 rings (SSSR count). The first-order valence-electron chi connectivity index (χ1n) is 11.1. The van der Waals surface area contributed by atoms with Crippen molar-refractivity contribution in [1.29, 1.82) is 0 Å². The topological polar surface area (TPSA) is 103 Å². The van der Waals surface area contributed by atoms with Gasteiger partial charge in [-0.15, -0.1) is 0 Å². The smallest absolute Gasteiger partial charge is 0.322 e. The Balaban J connectivity index is 3.08. The lowest BCUT2D eigenvalue weighted by Crippen LogP contribution is -2.32. The Kier molecular flexibility index (Phi) is 23.7. The van der Waals surface area contributed by atoms with Crippen LogP contribution in [0.4, 0.5) is 0 Å². The molecule has 0 atom stereocenters. The van der Waals surface area contributed by atoms with Gasteiger partial charge in [-0.1, -0.05) is 44.9 Å². The van der Waals surface area contributed by atoms with Crippen LogP contribution >= 0.6 is 12.6 Å². The summed E-state index contributed by atoms with van der Waals surface area (Å²) in [5.41, 5.74) is 0. The molecule has 0 spiro atoms. The molecular formula is C21H41NO7S. The molecule has 1 amide bonds. The molecule has 8 nitrogen and oxygen atoms in total. The van der Waals surface area contributed by atoms with Crippen molar-refractivity contribution in [3.05, 3.63) is 0 Å². The third-order valence-corrected chi connectivity index (χ3v) is 4.55. The molecule has 0 radical (unpaired) electrons. The van der Waals surface area contributed by atoms with E-state index in [0.717, 1.165) is 18.8 Å². The average molecular weight is 452 g/mol. The Bertz CT molecular complexity index is 400. The quantitative estimate of drug-likeness (QED) is 0.153. The minimum atomic E-state index is -1.09. The number of thiol groups is 1. The van der Waals surface area contributed by atoms with E-state index in [2.05, 4.69) is 17.9 Å². The van der Waals surface area contributed by atoms with Gasteiger partial charge in [0.15, 0.2) is 0 Å². The van der Waals surface area contributed by atoms with Gasteiger partial charge in [-0.25, -0.2) is 0 Å². The summed E-state index contributed by atoms with van der Waals surface area (Å²) in [7, 11) is 0. The van der Waals surface area contributed by atoms with Crippen molar-refractivity contribution in [3.8, 4) is 0 Å². The normalized spacial score (nSPS) is 11.0. The Morgan fingerprint density at radius 3 is 1.57 bits per heavy atom. The first-order valence-corrected chi connectivity index (χ1v) is 11.7. The van der Waals surface area contributed by atoms with Gasteiger partial charge in [-0.3, -0.25) is 9.59 Å². The number of carbonyl (C=O) groups excluding carboxylic acids is 1. The molecule has 0 aromatic rings. The Morgan fingerprint density at radius 2 is 1.07 bits per heavy atom. The number of unbranched alkanes of at least 4 members (excludes halogenated alkanes) is 8. The van der Waals surface area contributed by atoms with Crippen LogP contribution in [0.3, 0.4) is 0 Å². The highest BCUT2D eigenvalue weighted by atomic mass is 32.1. The lowest BCUT2D eigenvalue weighted by atomic mass is 10.1. The molecule has 0 aromatic heterocycles. The summed E-state index contributed by atoms with van der Waals surface area (Å²) < 4.78 is 21.4. The van der Waals surface area contributed by atoms with Crippen LogP contribution in [0.25, 0.3) is 0 Å². The monoisotopic (exact) mass is 451 g/mol. The number of rotatable bonds is 24. The van der Waals surface area contributed by atoms with Crippen LogP contribution < -0.4 is 5.32 Å². The number of carboxylic acids is 1. The molecule has 0 saturated heterocycles. The van der Waals surface area contributed by atoms with E-state index in [1.807, 2.05) is 0 Å². The van der Waals surface area contributed by atoms with E-state index in [1.165, 1.54) is 51.4 Å². The summed E-state index contributed by atoms with van der Waals surface area (Å²) >= 11 is 4.22. The van der Waals surface area contributed by atoms with Gasteiger partial charge in [-0.2, -0.15) is 12.6 Å². The fraction of sp³-hybridized carbons (Fsp3) is 0.905. The molecule has 0 saturated carbocycles. The maximum Gasteiger partial charge on any atom is 0.322 e. The highest BCUT2D eigenvalue weighted by molar-refractivity contribution is 7.80. The third kappa shape index (κ3) is 25.2. The summed E-state index contributed by atoms with van der Waals surface area (Å²) in [5, 5.41) is 10.6. The minimum absolute atomic E-state index is 0.179. The van der Waals surface area contributed by atoms with E-state index >= 15 is 0 Å². The van der Waals surface area contributed by atoms with Crippen LogP contribution in [0.5, 0.6) is 0 Å². The fourth-order valence-corrected chi connectivity index (χ4v) is 2.83. The molecule has 0 aliphatic heterocycles. The van der Waals surface area contributed by atoms with Gasteiger partial charge in [0.25, 0.3) is 0 Å². The van der Waals surface area contributed by atoms with Crippen molar-refractivity contribution >= 4 is 24.5 Å². The maximum absolute atomic E-state index is 11.2. The average Bonchev–Trinajstić information content (AvgIpc) is 2.73. The highest BCUT2D eigenvalue weighted by Crippen LogP contribution is 2.09. The Hall–Kier alpha value is -0.870. The van der Waals surface area contributed by atoms with Crippen LogP contribution in [0.1, 0.15) is 57.8 Å². The van der Waals surface area contributed by atoms with Crippen LogP contribution in [-0.2, 0) is 28.5 Å². The summed E-state index contributed by atoms with van der Waals surface area (Å²) in [6.07, 6.45) is 11.6. The van der Waals surface area contributed by atoms with E-state index < -0.39 is 18.4 Å². The number of amides is 1.